The van der Waals surface area contributed by atoms with Gasteiger partial charge in [-0.15, -0.1) is 0 Å². The molecule has 8 nitrogen and oxygen atoms in total. The smallest absolute Gasteiger partial charge is 0.356 e. The third kappa shape index (κ3) is 5.25. The summed E-state index contributed by atoms with van der Waals surface area (Å²) in [6.07, 6.45) is -0.0159. The molecule has 1 aromatic heterocycles. The fraction of sp³-hybridized carbons (Fsp3) is 0.538. The van der Waals surface area contributed by atoms with E-state index in [-0.39, 0.29) is 24.7 Å². The highest BCUT2D eigenvalue weighted by molar-refractivity contribution is 6.36. The van der Waals surface area contributed by atoms with Gasteiger partial charge in [0.1, 0.15) is 0 Å². The van der Waals surface area contributed by atoms with E-state index in [0.29, 0.717) is 24.8 Å². The molecule has 0 atom stereocenters. The molecular weight excluding hydrogens is 278 g/mol. The quantitative estimate of drug-likeness (QED) is 0.333. The van der Waals surface area contributed by atoms with E-state index in [4.69, 9.17) is 19.4 Å². The maximum absolute atomic E-state index is 11.6. The van der Waals surface area contributed by atoms with E-state index in [0.717, 1.165) is 0 Å². The summed E-state index contributed by atoms with van der Waals surface area (Å²) >= 11 is 0. The Morgan fingerprint density at radius 3 is 2.48 bits per heavy atom. The van der Waals surface area contributed by atoms with Crippen molar-refractivity contribution >= 4 is 11.7 Å². The number of nitrogens with zero attached hydrogens (tertiary/aromatic N) is 3. The number of carbonyl (C=O) groups excluding carboxylic acids is 1. The molecule has 1 heterocycles. The Morgan fingerprint density at radius 1 is 1.19 bits per heavy atom. The van der Waals surface area contributed by atoms with Crippen LogP contribution in [0.1, 0.15) is 26.5 Å². The number of ether oxygens (including phenoxy) is 3. The first-order valence-corrected chi connectivity index (χ1v) is 6.66. The van der Waals surface area contributed by atoms with Crippen molar-refractivity contribution in [3.05, 3.63) is 11.8 Å². The third-order valence-corrected chi connectivity index (χ3v) is 2.28. The van der Waals surface area contributed by atoms with Crippen LogP contribution in [0.25, 0.3) is 0 Å². The van der Waals surface area contributed by atoms with Gasteiger partial charge in [-0.3, -0.25) is 0 Å². The number of aromatic nitrogens is 2. The lowest BCUT2D eigenvalue weighted by molar-refractivity contribution is -0.135. The zero-order chi connectivity index (χ0) is 15.7. The van der Waals surface area contributed by atoms with Crippen LogP contribution in [0.5, 0.6) is 11.9 Å². The van der Waals surface area contributed by atoms with Crippen molar-refractivity contribution in [3.63, 3.8) is 0 Å². The van der Waals surface area contributed by atoms with E-state index in [1.807, 2.05) is 6.92 Å². The predicted molar refractivity (Wildman–Crippen MR) is 73.9 cm³/mol. The topological polar surface area (TPSA) is 103 Å². The lowest BCUT2D eigenvalue weighted by atomic mass is 10.2. The molecule has 0 aliphatic rings. The molecule has 0 aliphatic heterocycles. The highest BCUT2D eigenvalue weighted by atomic mass is 16.5. The van der Waals surface area contributed by atoms with Crippen molar-refractivity contribution in [1.82, 2.24) is 9.97 Å². The molecule has 116 valence electrons. The molecule has 8 heteroatoms. The van der Waals surface area contributed by atoms with E-state index in [1.54, 1.807) is 19.9 Å². The molecule has 1 N–H and O–H groups in total. The first kappa shape index (κ1) is 16.7. The lowest BCUT2D eigenvalue weighted by Gasteiger charge is -2.09. The van der Waals surface area contributed by atoms with Gasteiger partial charge in [0, 0.05) is 12.5 Å². The third-order valence-electron chi connectivity index (χ3n) is 2.28. The Labute approximate surface area is 122 Å². The normalized spacial score (nSPS) is 11.1. The second-order valence-corrected chi connectivity index (χ2v) is 3.79. The van der Waals surface area contributed by atoms with Crippen LogP contribution in [0.2, 0.25) is 0 Å². The van der Waals surface area contributed by atoms with Crippen molar-refractivity contribution in [2.45, 2.75) is 27.2 Å². The number of rotatable bonds is 8. The number of esters is 1. The highest BCUT2D eigenvalue weighted by Gasteiger charge is 2.17. The summed E-state index contributed by atoms with van der Waals surface area (Å²) in [5, 5.41) is 11.9. The summed E-state index contributed by atoms with van der Waals surface area (Å²) < 4.78 is 15.3. The Bertz CT molecular complexity index is 480. The Kier molecular flexibility index (Phi) is 6.93. The number of carbonyl (C=O) groups is 1. The second kappa shape index (κ2) is 8.72. The van der Waals surface area contributed by atoms with Gasteiger partial charge in [0.05, 0.1) is 25.5 Å². The fourth-order valence-corrected chi connectivity index (χ4v) is 1.49. The second-order valence-electron chi connectivity index (χ2n) is 3.79. The van der Waals surface area contributed by atoms with Crippen molar-refractivity contribution < 1.29 is 24.2 Å². The largest absolute Gasteiger partial charge is 0.478 e. The average Bonchev–Trinajstić information content (AvgIpc) is 2.45. The summed E-state index contributed by atoms with van der Waals surface area (Å²) in [5.41, 5.74) is 0.276. The maximum Gasteiger partial charge on any atom is 0.356 e. The Balaban J connectivity index is 2.96. The molecule has 0 fully saturated rings. The molecule has 0 aromatic carbocycles. The van der Waals surface area contributed by atoms with Crippen LogP contribution in [0.4, 0.5) is 0 Å². The molecule has 0 radical (unpaired) electrons. The molecule has 0 spiro atoms. The van der Waals surface area contributed by atoms with Gasteiger partial charge in [-0.1, -0.05) is 5.16 Å². The molecule has 0 aliphatic carbocycles. The number of oxime groups is 1. The SMILES string of the molecule is CCOC(=O)/C(Cc1cc(OCC)nc(OCC)n1)=N/O. The summed E-state index contributed by atoms with van der Waals surface area (Å²) in [6, 6.07) is 1.69. The van der Waals surface area contributed by atoms with E-state index < -0.39 is 5.97 Å². The van der Waals surface area contributed by atoms with E-state index in [1.165, 1.54) is 0 Å². The number of hydrogen-bond acceptors (Lipinski definition) is 8. The van der Waals surface area contributed by atoms with Crippen LogP contribution < -0.4 is 9.47 Å². The van der Waals surface area contributed by atoms with Gasteiger partial charge in [0.25, 0.3) is 0 Å². The zero-order valence-electron chi connectivity index (χ0n) is 12.3. The molecular formula is C13H19N3O5. The average molecular weight is 297 g/mol. The summed E-state index contributed by atoms with van der Waals surface area (Å²) in [4.78, 5) is 19.8. The zero-order valence-corrected chi connectivity index (χ0v) is 12.3. The first-order chi connectivity index (χ1) is 10.1. The van der Waals surface area contributed by atoms with Gasteiger partial charge in [0.2, 0.25) is 5.88 Å². The van der Waals surface area contributed by atoms with Crippen LogP contribution in [0.15, 0.2) is 11.2 Å². The van der Waals surface area contributed by atoms with Gasteiger partial charge in [-0.2, -0.15) is 9.97 Å². The van der Waals surface area contributed by atoms with Crippen molar-refractivity contribution in [1.29, 1.82) is 0 Å². The molecule has 0 amide bonds. The van der Waals surface area contributed by atoms with E-state index >= 15 is 0 Å². The molecule has 1 rings (SSSR count). The Hall–Kier alpha value is -2.38. The molecule has 1 aromatic rings. The van der Waals surface area contributed by atoms with Gasteiger partial charge >= 0.3 is 12.0 Å². The van der Waals surface area contributed by atoms with Crippen LogP contribution in [0.3, 0.4) is 0 Å². The maximum atomic E-state index is 11.6. The van der Waals surface area contributed by atoms with Crippen molar-refractivity contribution in [2.24, 2.45) is 5.16 Å². The summed E-state index contributed by atoms with van der Waals surface area (Å²) in [5.74, 6) is -0.373. The van der Waals surface area contributed by atoms with E-state index in [2.05, 4.69) is 15.1 Å². The molecule has 0 bridgehead atoms. The fourth-order valence-electron chi connectivity index (χ4n) is 1.49. The van der Waals surface area contributed by atoms with Crippen LogP contribution >= 0.6 is 0 Å². The van der Waals surface area contributed by atoms with Crippen molar-refractivity contribution in [2.75, 3.05) is 19.8 Å². The van der Waals surface area contributed by atoms with Gasteiger partial charge in [-0.25, -0.2) is 4.79 Å². The minimum atomic E-state index is -0.700. The molecule has 0 saturated heterocycles. The van der Waals surface area contributed by atoms with E-state index in [9.17, 15) is 4.79 Å². The van der Waals surface area contributed by atoms with Crippen LogP contribution in [-0.4, -0.2) is 46.7 Å². The van der Waals surface area contributed by atoms with Crippen LogP contribution in [-0.2, 0) is 16.0 Å². The standard InChI is InChI=1S/C13H19N3O5/c1-4-19-11-8-9(14-13(15-11)21-6-3)7-10(16-18)12(17)20-5-2/h8,18H,4-7H2,1-3H3/b16-10+. The Morgan fingerprint density at radius 2 is 1.90 bits per heavy atom. The minimum Gasteiger partial charge on any atom is -0.478 e. The lowest BCUT2D eigenvalue weighted by Crippen LogP contribution is -2.20. The van der Waals surface area contributed by atoms with Gasteiger partial charge in [0.15, 0.2) is 5.71 Å². The van der Waals surface area contributed by atoms with Gasteiger partial charge in [-0.05, 0) is 20.8 Å². The first-order valence-electron chi connectivity index (χ1n) is 6.66. The number of hydrogen-bond donors (Lipinski definition) is 1. The predicted octanol–water partition coefficient (Wildman–Crippen LogP) is 1.21. The monoisotopic (exact) mass is 297 g/mol. The molecule has 21 heavy (non-hydrogen) atoms. The summed E-state index contributed by atoms with van der Waals surface area (Å²) in [7, 11) is 0. The summed E-state index contributed by atoms with van der Waals surface area (Å²) in [6.45, 7) is 6.31. The van der Waals surface area contributed by atoms with Gasteiger partial charge < -0.3 is 19.4 Å². The molecule has 0 unspecified atom stereocenters. The highest BCUT2D eigenvalue weighted by Crippen LogP contribution is 2.15. The minimum absolute atomic E-state index is 0.0159. The van der Waals surface area contributed by atoms with Crippen LogP contribution in [0, 0.1) is 0 Å². The molecule has 0 saturated carbocycles. The van der Waals surface area contributed by atoms with Crippen molar-refractivity contribution in [3.8, 4) is 11.9 Å².